The summed E-state index contributed by atoms with van der Waals surface area (Å²) in [6, 6.07) is 4.43. The van der Waals surface area contributed by atoms with Crippen LogP contribution in [0.2, 0.25) is 0 Å². The van der Waals surface area contributed by atoms with Crippen LogP contribution < -0.4 is 11.1 Å². The fourth-order valence-corrected chi connectivity index (χ4v) is 6.79. The monoisotopic (exact) mass is 422 g/mol. The van der Waals surface area contributed by atoms with E-state index in [1.165, 1.54) is 28.2 Å². The molecule has 148 valence electrons. The van der Waals surface area contributed by atoms with E-state index in [1.54, 1.807) is 11.3 Å². The van der Waals surface area contributed by atoms with Gasteiger partial charge in [-0.3, -0.25) is 4.79 Å². The van der Waals surface area contributed by atoms with Crippen LogP contribution in [0.25, 0.3) is 10.2 Å². The van der Waals surface area contributed by atoms with Crippen molar-refractivity contribution < 1.29 is 4.79 Å². The summed E-state index contributed by atoms with van der Waals surface area (Å²) in [6.07, 6.45) is 7.34. The Morgan fingerprint density at radius 2 is 2.14 bits per heavy atom. The molecule has 0 saturated carbocycles. The molecule has 5 nitrogen and oxygen atoms in total. The Bertz CT molecular complexity index is 1180. The highest BCUT2D eigenvalue weighted by Crippen LogP contribution is 2.40. The predicted molar refractivity (Wildman–Crippen MR) is 119 cm³/mol. The number of hydrogen-bond donors (Lipinski definition) is 2. The number of pyridine rings is 1. The van der Waals surface area contributed by atoms with E-state index in [0.29, 0.717) is 27.0 Å². The van der Waals surface area contributed by atoms with E-state index in [-0.39, 0.29) is 5.91 Å². The molecular weight excluding hydrogens is 400 g/mol. The van der Waals surface area contributed by atoms with Crippen molar-refractivity contribution >= 4 is 49.5 Å². The number of rotatable bonds is 2. The van der Waals surface area contributed by atoms with Gasteiger partial charge < -0.3 is 11.1 Å². The highest BCUT2D eigenvalue weighted by atomic mass is 32.1. The number of nitrogens with one attached hydrogen (secondary N) is 1. The van der Waals surface area contributed by atoms with Crippen molar-refractivity contribution in [1.29, 1.82) is 5.26 Å². The molecule has 0 spiro atoms. The third-order valence-corrected chi connectivity index (χ3v) is 8.34. The summed E-state index contributed by atoms with van der Waals surface area (Å²) in [6.45, 7) is 2.23. The Hall–Kier alpha value is -2.43. The molecule has 3 aromatic rings. The molecule has 3 heterocycles. The molecule has 1 atom stereocenters. The number of thiophene rings is 2. The number of carbonyl (C=O) groups excluding carboxylic acids is 1. The lowest BCUT2D eigenvalue weighted by atomic mass is 9.89. The maximum atomic E-state index is 13.1. The Labute approximate surface area is 177 Å². The van der Waals surface area contributed by atoms with Gasteiger partial charge in [-0.05, 0) is 68.1 Å². The topological polar surface area (TPSA) is 91.8 Å². The molecule has 0 aliphatic heterocycles. The quantitative estimate of drug-likeness (QED) is 0.603. The van der Waals surface area contributed by atoms with Gasteiger partial charge in [0.1, 0.15) is 20.8 Å². The largest absolute Gasteiger partial charge is 0.397 e. The fourth-order valence-electron chi connectivity index (χ4n) is 4.45. The Kier molecular flexibility index (Phi) is 4.56. The van der Waals surface area contributed by atoms with Crippen molar-refractivity contribution in [3.63, 3.8) is 0 Å². The van der Waals surface area contributed by atoms with Crippen molar-refractivity contribution in [3.05, 3.63) is 38.2 Å². The summed E-state index contributed by atoms with van der Waals surface area (Å²) in [5.74, 6) is 0.373. The number of nitriles is 1. The summed E-state index contributed by atoms with van der Waals surface area (Å²) < 4.78 is 0. The number of nitrogens with zero attached hydrogens (tertiary/aromatic N) is 2. The van der Waals surface area contributed by atoms with E-state index in [0.717, 1.165) is 60.0 Å². The minimum absolute atomic E-state index is 0.244. The minimum Gasteiger partial charge on any atom is -0.397 e. The van der Waals surface area contributed by atoms with Gasteiger partial charge >= 0.3 is 0 Å². The van der Waals surface area contributed by atoms with Crippen LogP contribution in [0, 0.1) is 17.2 Å². The van der Waals surface area contributed by atoms with Crippen LogP contribution in [0.5, 0.6) is 0 Å². The normalized spacial score (nSPS) is 18.1. The Balaban J connectivity index is 1.49. The van der Waals surface area contributed by atoms with Crippen LogP contribution in [0.3, 0.4) is 0 Å². The molecule has 0 fully saturated rings. The Morgan fingerprint density at radius 3 is 2.97 bits per heavy atom. The van der Waals surface area contributed by atoms with Gasteiger partial charge in [0.05, 0.1) is 11.3 Å². The molecule has 0 aromatic carbocycles. The molecule has 0 radical (unpaired) electrons. The third kappa shape index (κ3) is 3.11. The first-order chi connectivity index (χ1) is 14.0. The number of carbonyl (C=O) groups is 1. The summed E-state index contributed by atoms with van der Waals surface area (Å²) in [7, 11) is 0. The van der Waals surface area contributed by atoms with E-state index in [4.69, 9.17) is 10.7 Å². The Morgan fingerprint density at radius 1 is 1.31 bits per heavy atom. The zero-order chi connectivity index (χ0) is 20.1. The molecule has 0 saturated heterocycles. The molecular formula is C22H22N4OS2. The molecule has 5 rings (SSSR count). The van der Waals surface area contributed by atoms with E-state index in [2.05, 4.69) is 24.4 Å². The van der Waals surface area contributed by atoms with E-state index < -0.39 is 0 Å². The second-order valence-corrected chi connectivity index (χ2v) is 10.2. The van der Waals surface area contributed by atoms with Gasteiger partial charge in [0, 0.05) is 16.0 Å². The van der Waals surface area contributed by atoms with Crippen molar-refractivity contribution in [2.75, 3.05) is 11.1 Å². The van der Waals surface area contributed by atoms with Gasteiger partial charge in [-0.25, -0.2) is 4.98 Å². The van der Waals surface area contributed by atoms with E-state index in [1.807, 2.05) is 0 Å². The summed E-state index contributed by atoms with van der Waals surface area (Å²) in [4.78, 5) is 20.4. The molecule has 1 amide bonds. The zero-order valence-electron chi connectivity index (χ0n) is 16.3. The van der Waals surface area contributed by atoms with Gasteiger partial charge in [0.2, 0.25) is 0 Å². The molecule has 3 N–H and O–H groups in total. The van der Waals surface area contributed by atoms with Gasteiger partial charge in [-0.1, -0.05) is 6.92 Å². The highest BCUT2D eigenvalue weighted by Gasteiger charge is 2.26. The van der Waals surface area contributed by atoms with Crippen molar-refractivity contribution in [1.82, 2.24) is 4.98 Å². The molecule has 7 heteroatoms. The zero-order valence-corrected chi connectivity index (χ0v) is 17.9. The number of aryl methyl sites for hydroxylation is 2. The summed E-state index contributed by atoms with van der Waals surface area (Å²) >= 11 is 2.89. The molecule has 29 heavy (non-hydrogen) atoms. The lowest BCUT2D eigenvalue weighted by Crippen LogP contribution is -2.12. The van der Waals surface area contributed by atoms with Gasteiger partial charge in [0.25, 0.3) is 5.91 Å². The minimum atomic E-state index is -0.244. The first-order valence-electron chi connectivity index (χ1n) is 10.1. The number of fused-ring (bicyclic) bond motifs is 3. The molecule has 1 unspecified atom stereocenters. The lowest BCUT2D eigenvalue weighted by Gasteiger charge is -2.17. The SMILES string of the molecule is CC1CCc2c(sc(NC(=O)c3sc4nc5c(cc4c3N)CCCC5)c2C#N)C1. The van der Waals surface area contributed by atoms with Crippen LogP contribution in [-0.4, -0.2) is 10.9 Å². The number of nitrogens with two attached hydrogens (primary N) is 1. The molecule has 3 aromatic heterocycles. The van der Waals surface area contributed by atoms with Crippen LogP contribution in [-0.2, 0) is 25.7 Å². The van der Waals surface area contributed by atoms with E-state index in [9.17, 15) is 10.1 Å². The summed E-state index contributed by atoms with van der Waals surface area (Å²) in [5, 5.41) is 14.2. The third-order valence-electron chi connectivity index (χ3n) is 6.06. The summed E-state index contributed by atoms with van der Waals surface area (Å²) in [5.41, 5.74) is 11.0. The highest BCUT2D eigenvalue weighted by molar-refractivity contribution is 7.21. The number of nitrogen functional groups attached to an aromatic ring is 1. The maximum absolute atomic E-state index is 13.1. The number of amides is 1. The number of hydrogen-bond acceptors (Lipinski definition) is 6. The van der Waals surface area contributed by atoms with Crippen molar-refractivity contribution in [2.45, 2.75) is 51.9 Å². The van der Waals surface area contributed by atoms with Crippen LogP contribution in [0.4, 0.5) is 10.7 Å². The van der Waals surface area contributed by atoms with Crippen LogP contribution in [0.1, 0.15) is 63.1 Å². The van der Waals surface area contributed by atoms with Crippen LogP contribution in [0.15, 0.2) is 6.07 Å². The second kappa shape index (κ2) is 7.12. The smallest absolute Gasteiger partial charge is 0.268 e. The van der Waals surface area contributed by atoms with Crippen molar-refractivity contribution in [3.8, 4) is 6.07 Å². The molecule has 2 aliphatic rings. The van der Waals surface area contributed by atoms with Crippen LogP contribution >= 0.6 is 22.7 Å². The lowest BCUT2D eigenvalue weighted by molar-refractivity contribution is 0.103. The second-order valence-electron chi connectivity index (χ2n) is 8.12. The van der Waals surface area contributed by atoms with Gasteiger partial charge in [0.15, 0.2) is 0 Å². The van der Waals surface area contributed by atoms with E-state index >= 15 is 0 Å². The first kappa shape index (κ1) is 18.6. The van der Waals surface area contributed by atoms with Crippen molar-refractivity contribution in [2.24, 2.45) is 5.92 Å². The fraction of sp³-hybridized carbons (Fsp3) is 0.409. The average Bonchev–Trinajstić information content (AvgIpc) is 3.22. The molecule has 0 bridgehead atoms. The van der Waals surface area contributed by atoms with Gasteiger partial charge in [-0.15, -0.1) is 22.7 Å². The molecule has 2 aliphatic carbocycles. The number of aromatic nitrogens is 1. The first-order valence-corrected chi connectivity index (χ1v) is 11.7. The maximum Gasteiger partial charge on any atom is 0.268 e. The number of anilines is 2. The average molecular weight is 423 g/mol. The van der Waals surface area contributed by atoms with Gasteiger partial charge in [-0.2, -0.15) is 5.26 Å². The predicted octanol–water partition coefficient (Wildman–Crippen LogP) is 5.07. The standard InChI is InChI=1S/C22H22N4OS2/c1-11-6-7-13-15(10-23)22(28-17(13)8-11)26-20(27)19-18(24)14-9-12-4-2-3-5-16(12)25-21(14)29-19/h9,11H,2-8,24H2,1H3,(H,26,27).